The normalized spacial score (nSPS) is 9.47. The molecule has 0 atom stereocenters. The van der Waals surface area contributed by atoms with Crippen molar-refractivity contribution in [3.63, 3.8) is 0 Å². The summed E-state index contributed by atoms with van der Waals surface area (Å²) in [6, 6.07) is 7.78. The average Bonchev–Trinajstić information content (AvgIpc) is 2.29. The van der Waals surface area contributed by atoms with Gasteiger partial charge < -0.3 is 4.74 Å². The summed E-state index contributed by atoms with van der Waals surface area (Å²) in [5, 5.41) is 0. The highest BCUT2D eigenvalue weighted by molar-refractivity contribution is 5.28. The molecule has 1 rings (SSSR count). The van der Waals surface area contributed by atoms with Crippen molar-refractivity contribution < 1.29 is 9.13 Å². The molecular weight excluding hydrogens is 191 g/mol. The van der Waals surface area contributed by atoms with Crippen molar-refractivity contribution in [2.45, 2.75) is 33.6 Å². The Kier molecular flexibility index (Phi) is 7.69. The second kappa shape index (κ2) is 8.27. The summed E-state index contributed by atoms with van der Waals surface area (Å²) in [5.74, 6) is 1.26. The van der Waals surface area contributed by atoms with Gasteiger partial charge in [0.2, 0.25) is 0 Å². The third-order valence-corrected chi connectivity index (χ3v) is 1.89. The van der Waals surface area contributed by atoms with Gasteiger partial charge in [-0.15, -0.1) is 0 Å². The maximum atomic E-state index is 11.8. The fraction of sp³-hybridized carbons (Fsp3) is 0.538. The molecule has 2 heteroatoms. The summed E-state index contributed by atoms with van der Waals surface area (Å²) in [4.78, 5) is 0. The van der Waals surface area contributed by atoms with Crippen LogP contribution in [0.15, 0.2) is 24.3 Å². The molecule has 0 fully saturated rings. The SMILES string of the molecule is CC.CC(C)c1ccc(OCCF)cc1. The highest BCUT2D eigenvalue weighted by Gasteiger charge is 1.98. The van der Waals surface area contributed by atoms with Crippen molar-refractivity contribution >= 4 is 0 Å². The number of halogens is 1. The second-order valence-electron chi connectivity index (χ2n) is 3.26. The van der Waals surface area contributed by atoms with E-state index in [0.29, 0.717) is 5.92 Å². The summed E-state index contributed by atoms with van der Waals surface area (Å²) in [6.07, 6.45) is 0. The molecule has 0 heterocycles. The molecule has 1 aromatic rings. The molecule has 0 saturated carbocycles. The maximum absolute atomic E-state index is 11.8. The van der Waals surface area contributed by atoms with Crippen molar-refractivity contribution in [1.82, 2.24) is 0 Å². The Bertz CT molecular complexity index is 241. The molecule has 0 aliphatic rings. The number of hydrogen-bond donors (Lipinski definition) is 0. The van der Waals surface area contributed by atoms with Gasteiger partial charge in [0.1, 0.15) is 19.0 Å². The first-order valence-electron chi connectivity index (χ1n) is 5.52. The van der Waals surface area contributed by atoms with Crippen LogP contribution in [0.3, 0.4) is 0 Å². The van der Waals surface area contributed by atoms with E-state index in [9.17, 15) is 4.39 Å². The number of ether oxygens (including phenoxy) is 1. The lowest BCUT2D eigenvalue weighted by molar-refractivity contribution is 0.273. The van der Waals surface area contributed by atoms with E-state index in [1.54, 1.807) is 0 Å². The first-order valence-corrected chi connectivity index (χ1v) is 5.52. The van der Waals surface area contributed by atoms with Gasteiger partial charge in [-0.2, -0.15) is 0 Å². The molecule has 0 N–H and O–H groups in total. The van der Waals surface area contributed by atoms with Gasteiger partial charge >= 0.3 is 0 Å². The molecule has 0 amide bonds. The standard InChI is InChI=1S/C11H15FO.C2H6/c1-9(2)10-3-5-11(6-4-10)13-8-7-12;1-2/h3-6,9H,7-8H2,1-2H3;1-2H3. The minimum absolute atomic E-state index is 0.140. The van der Waals surface area contributed by atoms with Gasteiger partial charge in [-0.25, -0.2) is 4.39 Å². The van der Waals surface area contributed by atoms with E-state index >= 15 is 0 Å². The second-order valence-corrected chi connectivity index (χ2v) is 3.26. The summed E-state index contributed by atoms with van der Waals surface area (Å²) in [5.41, 5.74) is 1.27. The highest BCUT2D eigenvalue weighted by atomic mass is 19.1. The molecule has 0 spiro atoms. The van der Waals surface area contributed by atoms with Crippen LogP contribution in [-0.2, 0) is 0 Å². The molecular formula is C13H21FO. The summed E-state index contributed by atoms with van der Waals surface area (Å²) in [6.45, 7) is 7.97. The van der Waals surface area contributed by atoms with Crippen molar-refractivity contribution in [3.8, 4) is 5.75 Å². The molecule has 0 saturated heterocycles. The van der Waals surface area contributed by atoms with Crippen molar-refractivity contribution in [3.05, 3.63) is 29.8 Å². The van der Waals surface area contributed by atoms with Crippen LogP contribution in [0, 0.1) is 0 Å². The lowest BCUT2D eigenvalue weighted by Gasteiger charge is -2.07. The van der Waals surface area contributed by atoms with Gasteiger partial charge in [-0.3, -0.25) is 0 Å². The fourth-order valence-corrected chi connectivity index (χ4v) is 1.11. The molecule has 86 valence electrons. The third-order valence-electron chi connectivity index (χ3n) is 1.89. The average molecular weight is 212 g/mol. The monoisotopic (exact) mass is 212 g/mol. The lowest BCUT2D eigenvalue weighted by atomic mass is 10.0. The Hall–Kier alpha value is -1.05. The van der Waals surface area contributed by atoms with E-state index in [2.05, 4.69) is 13.8 Å². The van der Waals surface area contributed by atoms with E-state index in [-0.39, 0.29) is 6.61 Å². The molecule has 1 nitrogen and oxygen atoms in total. The molecule has 1 aromatic carbocycles. The fourth-order valence-electron chi connectivity index (χ4n) is 1.11. The Balaban J connectivity index is 0.000000921. The van der Waals surface area contributed by atoms with Crippen molar-refractivity contribution in [2.24, 2.45) is 0 Å². The van der Waals surface area contributed by atoms with Gasteiger partial charge in [0, 0.05) is 0 Å². The van der Waals surface area contributed by atoms with Crippen LogP contribution in [-0.4, -0.2) is 13.3 Å². The van der Waals surface area contributed by atoms with E-state index < -0.39 is 6.67 Å². The van der Waals surface area contributed by atoms with Crippen LogP contribution in [0.1, 0.15) is 39.2 Å². The topological polar surface area (TPSA) is 9.23 Å². The van der Waals surface area contributed by atoms with Crippen molar-refractivity contribution in [2.75, 3.05) is 13.3 Å². The quantitative estimate of drug-likeness (QED) is 0.727. The minimum Gasteiger partial charge on any atom is -0.491 e. The zero-order valence-corrected chi connectivity index (χ0v) is 10.1. The first-order chi connectivity index (χ1) is 7.24. The van der Waals surface area contributed by atoms with Gasteiger partial charge in [-0.05, 0) is 23.6 Å². The van der Waals surface area contributed by atoms with E-state index in [4.69, 9.17) is 4.74 Å². The van der Waals surface area contributed by atoms with Gasteiger partial charge in [-0.1, -0.05) is 39.8 Å². The number of alkyl halides is 1. The van der Waals surface area contributed by atoms with Gasteiger partial charge in [0.25, 0.3) is 0 Å². The Morgan fingerprint density at radius 3 is 2.07 bits per heavy atom. The molecule has 0 aromatic heterocycles. The third kappa shape index (κ3) is 5.40. The molecule has 0 bridgehead atoms. The predicted molar refractivity (Wildman–Crippen MR) is 63.3 cm³/mol. The Morgan fingerprint density at radius 1 is 1.13 bits per heavy atom. The van der Waals surface area contributed by atoms with Gasteiger partial charge in [0.05, 0.1) is 0 Å². The number of hydrogen-bond acceptors (Lipinski definition) is 1. The molecule has 0 aliphatic carbocycles. The minimum atomic E-state index is -0.439. The smallest absolute Gasteiger partial charge is 0.123 e. The zero-order valence-electron chi connectivity index (χ0n) is 10.1. The van der Waals surface area contributed by atoms with Crippen LogP contribution in [0.5, 0.6) is 5.75 Å². The summed E-state index contributed by atoms with van der Waals surface area (Å²) in [7, 11) is 0. The molecule has 0 radical (unpaired) electrons. The van der Waals surface area contributed by atoms with E-state index in [1.165, 1.54) is 5.56 Å². The maximum Gasteiger partial charge on any atom is 0.123 e. The molecule has 0 aliphatic heterocycles. The van der Waals surface area contributed by atoms with Gasteiger partial charge in [0.15, 0.2) is 0 Å². The Labute approximate surface area is 92.3 Å². The number of rotatable bonds is 4. The molecule has 15 heavy (non-hydrogen) atoms. The summed E-state index contributed by atoms with van der Waals surface area (Å²) >= 11 is 0. The Morgan fingerprint density at radius 2 is 1.67 bits per heavy atom. The summed E-state index contributed by atoms with van der Waals surface area (Å²) < 4.78 is 16.9. The first kappa shape index (κ1) is 13.9. The highest BCUT2D eigenvalue weighted by Crippen LogP contribution is 2.18. The molecule has 0 unspecified atom stereocenters. The largest absolute Gasteiger partial charge is 0.491 e. The van der Waals surface area contributed by atoms with E-state index in [0.717, 1.165) is 5.75 Å². The van der Waals surface area contributed by atoms with Crippen LogP contribution >= 0.6 is 0 Å². The predicted octanol–water partition coefficient (Wildman–Crippen LogP) is 4.18. The van der Waals surface area contributed by atoms with Crippen LogP contribution in [0.4, 0.5) is 4.39 Å². The van der Waals surface area contributed by atoms with Crippen LogP contribution in [0.2, 0.25) is 0 Å². The van der Waals surface area contributed by atoms with E-state index in [1.807, 2.05) is 38.1 Å². The van der Waals surface area contributed by atoms with Crippen LogP contribution < -0.4 is 4.74 Å². The van der Waals surface area contributed by atoms with Crippen molar-refractivity contribution in [1.29, 1.82) is 0 Å². The zero-order chi connectivity index (χ0) is 11.7. The number of benzene rings is 1. The van der Waals surface area contributed by atoms with Crippen LogP contribution in [0.25, 0.3) is 0 Å². The lowest BCUT2D eigenvalue weighted by Crippen LogP contribution is -1.98.